The number of hydrogen-bond acceptors (Lipinski definition) is 3. The molecule has 0 heterocycles. The number of carboxylic acid groups (broad SMARTS) is 1. The zero-order valence-corrected chi connectivity index (χ0v) is 16.6. The van der Waals surface area contributed by atoms with Crippen molar-refractivity contribution in [3.8, 4) is 0 Å². The summed E-state index contributed by atoms with van der Waals surface area (Å²) >= 11 is 0. The molecule has 1 aliphatic carbocycles. The number of esters is 1. The summed E-state index contributed by atoms with van der Waals surface area (Å²) in [6.45, 7) is 2.60. The van der Waals surface area contributed by atoms with Crippen LogP contribution in [-0.2, 0) is 14.3 Å². The van der Waals surface area contributed by atoms with Gasteiger partial charge in [0.1, 0.15) is 0 Å². The van der Waals surface area contributed by atoms with Crippen LogP contribution in [0, 0.1) is 11.8 Å². The van der Waals surface area contributed by atoms with Crippen LogP contribution in [0.25, 0.3) is 0 Å². The van der Waals surface area contributed by atoms with Crippen molar-refractivity contribution in [3.05, 3.63) is 12.2 Å². The highest BCUT2D eigenvalue weighted by molar-refractivity contribution is 5.81. The summed E-state index contributed by atoms with van der Waals surface area (Å²) in [5.41, 5.74) is 0. The lowest BCUT2D eigenvalue weighted by atomic mass is 9.79. The van der Waals surface area contributed by atoms with E-state index in [0.717, 1.165) is 19.3 Å². The third kappa shape index (κ3) is 9.98. The van der Waals surface area contributed by atoms with Gasteiger partial charge in [-0.15, -0.1) is 0 Å². The summed E-state index contributed by atoms with van der Waals surface area (Å²) in [5, 5.41) is 9.22. The number of aliphatic carboxylic acids is 1. The Morgan fingerprint density at radius 3 is 2.12 bits per heavy atom. The van der Waals surface area contributed by atoms with Gasteiger partial charge >= 0.3 is 11.9 Å². The SMILES string of the molecule is CCCCCCCCCC/C=C/CCOC(=O)C1CCCCC1C(=O)O. The minimum absolute atomic E-state index is 0.325. The van der Waals surface area contributed by atoms with Gasteiger partial charge in [0, 0.05) is 0 Å². The molecule has 0 aliphatic heterocycles. The van der Waals surface area contributed by atoms with E-state index in [2.05, 4.69) is 19.1 Å². The number of rotatable bonds is 14. The molecule has 0 aromatic carbocycles. The highest BCUT2D eigenvalue weighted by Gasteiger charge is 2.36. The number of carboxylic acids is 1. The van der Waals surface area contributed by atoms with Crippen molar-refractivity contribution in [2.24, 2.45) is 11.8 Å². The van der Waals surface area contributed by atoms with Crippen LogP contribution in [0.2, 0.25) is 0 Å². The molecule has 0 aromatic rings. The van der Waals surface area contributed by atoms with Gasteiger partial charge in [0.25, 0.3) is 0 Å². The van der Waals surface area contributed by atoms with Crippen LogP contribution >= 0.6 is 0 Å². The molecule has 2 atom stereocenters. The quantitative estimate of drug-likeness (QED) is 0.236. The van der Waals surface area contributed by atoms with Gasteiger partial charge in [-0.1, -0.05) is 76.9 Å². The van der Waals surface area contributed by atoms with Crippen LogP contribution in [0.15, 0.2) is 12.2 Å². The van der Waals surface area contributed by atoms with Crippen LogP contribution in [0.4, 0.5) is 0 Å². The van der Waals surface area contributed by atoms with Gasteiger partial charge in [-0.2, -0.15) is 0 Å². The van der Waals surface area contributed by atoms with E-state index in [9.17, 15) is 14.7 Å². The lowest BCUT2D eigenvalue weighted by Gasteiger charge is -2.26. The molecular weight excluding hydrogens is 328 g/mol. The van der Waals surface area contributed by atoms with Gasteiger partial charge in [0.15, 0.2) is 0 Å². The first kappa shape index (κ1) is 22.7. The fourth-order valence-corrected chi connectivity index (χ4v) is 3.67. The molecule has 1 fully saturated rings. The Labute approximate surface area is 159 Å². The van der Waals surface area contributed by atoms with Gasteiger partial charge in [-0.05, 0) is 32.1 Å². The molecular formula is C22H38O4. The zero-order valence-electron chi connectivity index (χ0n) is 16.6. The van der Waals surface area contributed by atoms with Crippen LogP contribution in [-0.4, -0.2) is 23.7 Å². The van der Waals surface area contributed by atoms with Crippen LogP contribution in [0.3, 0.4) is 0 Å². The van der Waals surface area contributed by atoms with Crippen LogP contribution < -0.4 is 0 Å². The second-order valence-corrected chi connectivity index (χ2v) is 7.53. The maximum Gasteiger partial charge on any atom is 0.309 e. The van der Waals surface area contributed by atoms with Crippen molar-refractivity contribution in [1.29, 1.82) is 0 Å². The highest BCUT2D eigenvalue weighted by atomic mass is 16.5. The Balaban J connectivity index is 2.01. The Kier molecular flexibility index (Phi) is 12.9. The summed E-state index contributed by atoms with van der Waals surface area (Å²) in [6.07, 6.45) is 19.7. The number of hydrogen-bond donors (Lipinski definition) is 1. The molecule has 4 nitrogen and oxygen atoms in total. The van der Waals surface area contributed by atoms with E-state index in [1.54, 1.807) is 0 Å². The van der Waals surface area contributed by atoms with Crippen molar-refractivity contribution in [1.82, 2.24) is 0 Å². The number of unbranched alkanes of at least 4 members (excludes halogenated alkanes) is 8. The van der Waals surface area contributed by atoms with Crippen LogP contribution in [0.1, 0.15) is 96.8 Å². The molecule has 0 radical (unpaired) electrons. The van der Waals surface area contributed by atoms with Gasteiger partial charge in [0.2, 0.25) is 0 Å². The van der Waals surface area contributed by atoms with Gasteiger partial charge in [-0.25, -0.2) is 0 Å². The molecule has 2 unspecified atom stereocenters. The summed E-state index contributed by atoms with van der Waals surface area (Å²) < 4.78 is 5.30. The Hall–Kier alpha value is -1.32. The second kappa shape index (κ2) is 14.8. The van der Waals surface area contributed by atoms with Crippen LogP contribution in [0.5, 0.6) is 0 Å². The lowest BCUT2D eigenvalue weighted by Crippen LogP contribution is -2.33. The highest BCUT2D eigenvalue weighted by Crippen LogP contribution is 2.31. The predicted molar refractivity (Wildman–Crippen MR) is 105 cm³/mol. The Morgan fingerprint density at radius 1 is 0.885 bits per heavy atom. The molecule has 0 bridgehead atoms. The smallest absolute Gasteiger partial charge is 0.309 e. The normalized spacial score (nSPS) is 20.3. The van der Waals surface area contributed by atoms with Crippen molar-refractivity contribution in [2.75, 3.05) is 6.61 Å². The standard InChI is InChI=1S/C22H38O4/c1-2-3-4-5-6-7-8-9-10-11-12-15-18-26-22(25)20-17-14-13-16-19(20)21(23)24/h11-12,19-20H,2-10,13-18H2,1H3,(H,23,24)/b12-11+. The topological polar surface area (TPSA) is 63.6 Å². The van der Waals surface area contributed by atoms with Gasteiger partial charge in [0.05, 0.1) is 18.4 Å². The summed E-state index contributed by atoms with van der Waals surface area (Å²) in [4.78, 5) is 23.3. The molecule has 150 valence electrons. The third-order valence-corrected chi connectivity index (χ3v) is 5.31. The van der Waals surface area contributed by atoms with E-state index in [4.69, 9.17) is 4.74 Å². The largest absolute Gasteiger partial charge is 0.481 e. The molecule has 0 amide bonds. The molecule has 0 aromatic heterocycles. The van der Waals surface area contributed by atoms with E-state index in [1.165, 1.54) is 51.4 Å². The first-order valence-electron chi connectivity index (χ1n) is 10.7. The van der Waals surface area contributed by atoms with E-state index >= 15 is 0 Å². The molecule has 0 spiro atoms. The minimum Gasteiger partial charge on any atom is -0.481 e. The number of allylic oxidation sites excluding steroid dienone is 1. The summed E-state index contributed by atoms with van der Waals surface area (Å²) in [6, 6.07) is 0. The van der Waals surface area contributed by atoms with Crippen molar-refractivity contribution >= 4 is 11.9 Å². The molecule has 4 heteroatoms. The van der Waals surface area contributed by atoms with E-state index < -0.39 is 17.8 Å². The van der Waals surface area contributed by atoms with Gasteiger partial charge in [-0.3, -0.25) is 9.59 Å². The molecule has 1 N–H and O–H groups in total. The summed E-state index contributed by atoms with van der Waals surface area (Å²) in [7, 11) is 0. The van der Waals surface area contributed by atoms with Gasteiger partial charge < -0.3 is 9.84 Å². The first-order valence-corrected chi connectivity index (χ1v) is 10.7. The maximum atomic E-state index is 12.1. The molecule has 26 heavy (non-hydrogen) atoms. The average molecular weight is 367 g/mol. The monoisotopic (exact) mass is 366 g/mol. The average Bonchev–Trinajstić information content (AvgIpc) is 2.65. The number of carbonyl (C=O) groups is 2. The third-order valence-electron chi connectivity index (χ3n) is 5.31. The number of carbonyl (C=O) groups excluding carboxylic acids is 1. The zero-order chi connectivity index (χ0) is 19.0. The van der Waals surface area contributed by atoms with E-state index in [0.29, 0.717) is 25.9 Å². The fourth-order valence-electron chi connectivity index (χ4n) is 3.67. The summed E-state index contributed by atoms with van der Waals surface area (Å²) in [5.74, 6) is -2.21. The minimum atomic E-state index is -0.864. The van der Waals surface area contributed by atoms with Crippen molar-refractivity contribution < 1.29 is 19.4 Å². The fraction of sp³-hybridized carbons (Fsp3) is 0.818. The van der Waals surface area contributed by atoms with E-state index in [-0.39, 0.29) is 5.97 Å². The molecule has 1 rings (SSSR count). The van der Waals surface area contributed by atoms with Crippen molar-refractivity contribution in [2.45, 2.75) is 96.8 Å². The predicted octanol–water partition coefficient (Wildman–Crippen LogP) is 5.90. The van der Waals surface area contributed by atoms with E-state index in [1.807, 2.05) is 0 Å². The number of ether oxygens (including phenoxy) is 1. The Bertz CT molecular complexity index is 416. The second-order valence-electron chi connectivity index (χ2n) is 7.53. The molecule has 1 aliphatic rings. The molecule has 0 saturated heterocycles. The first-order chi connectivity index (χ1) is 12.7. The Morgan fingerprint density at radius 2 is 1.46 bits per heavy atom. The molecule has 1 saturated carbocycles. The maximum absolute atomic E-state index is 12.1. The lowest BCUT2D eigenvalue weighted by molar-refractivity contribution is -0.159. The van der Waals surface area contributed by atoms with Crippen molar-refractivity contribution in [3.63, 3.8) is 0 Å².